The van der Waals surface area contributed by atoms with Crippen molar-refractivity contribution in [3.05, 3.63) is 77.7 Å². The Kier molecular flexibility index (Phi) is 4.95. The average molecular weight is 393 g/mol. The quantitative estimate of drug-likeness (QED) is 0.551. The van der Waals surface area contributed by atoms with Gasteiger partial charge in [-0.05, 0) is 42.0 Å². The highest BCUT2D eigenvalue weighted by atomic mass is 35.5. The van der Waals surface area contributed by atoms with Gasteiger partial charge >= 0.3 is 0 Å². The van der Waals surface area contributed by atoms with Gasteiger partial charge in [-0.15, -0.1) is 0 Å². The SMILES string of the molecule is COc1ccc(-c2cn3cccnc3n2)cc1NC(=O)Cc1ccc(Cl)cc1. The highest BCUT2D eigenvalue weighted by molar-refractivity contribution is 6.30. The Morgan fingerprint density at radius 2 is 2.04 bits per heavy atom. The first kappa shape index (κ1) is 18.0. The number of nitrogens with one attached hydrogen (secondary N) is 1. The predicted molar refractivity (Wildman–Crippen MR) is 109 cm³/mol. The van der Waals surface area contributed by atoms with Gasteiger partial charge in [0, 0.05) is 29.2 Å². The van der Waals surface area contributed by atoms with E-state index in [0.29, 0.717) is 22.2 Å². The van der Waals surface area contributed by atoms with Gasteiger partial charge < -0.3 is 10.1 Å². The van der Waals surface area contributed by atoms with E-state index in [4.69, 9.17) is 16.3 Å². The number of halogens is 1. The van der Waals surface area contributed by atoms with Crippen LogP contribution in [0.3, 0.4) is 0 Å². The zero-order valence-electron chi connectivity index (χ0n) is 15.1. The Hall–Kier alpha value is -3.38. The van der Waals surface area contributed by atoms with Crippen molar-refractivity contribution < 1.29 is 9.53 Å². The highest BCUT2D eigenvalue weighted by Gasteiger charge is 2.12. The third kappa shape index (κ3) is 3.82. The molecule has 2 heterocycles. The molecule has 28 heavy (non-hydrogen) atoms. The molecule has 0 unspecified atom stereocenters. The lowest BCUT2D eigenvalue weighted by atomic mass is 10.1. The van der Waals surface area contributed by atoms with Gasteiger partial charge in [-0.2, -0.15) is 0 Å². The number of carbonyl (C=O) groups is 1. The smallest absolute Gasteiger partial charge is 0.234 e. The molecular formula is C21H17ClN4O2. The van der Waals surface area contributed by atoms with Crippen molar-refractivity contribution in [1.29, 1.82) is 0 Å². The molecule has 4 aromatic rings. The maximum absolute atomic E-state index is 12.5. The lowest BCUT2D eigenvalue weighted by Crippen LogP contribution is -2.15. The van der Waals surface area contributed by atoms with Crippen molar-refractivity contribution in [2.45, 2.75) is 6.42 Å². The van der Waals surface area contributed by atoms with Crippen molar-refractivity contribution in [1.82, 2.24) is 14.4 Å². The molecule has 0 saturated heterocycles. The number of amides is 1. The fraction of sp³-hybridized carbons (Fsp3) is 0.0952. The number of ether oxygens (including phenoxy) is 1. The number of imidazole rings is 1. The second-order valence-corrected chi connectivity index (χ2v) is 6.66. The number of hydrogen-bond acceptors (Lipinski definition) is 4. The van der Waals surface area contributed by atoms with Gasteiger partial charge in [0.15, 0.2) is 0 Å². The average Bonchev–Trinajstić information content (AvgIpc) is 3.14. The van der Waals surface area contributed by atoms with Crippen LogP contribution in [-0.2, 0) is 11.2 Å². The van der Waals surface area contributed by atoms with Crippen LogP contribution < -0.4 is 10.1 Å². The van der Waals surface area contributed by atoms with Crippen molar-refractivity contribution in [2.24, 2.45) is 0 Å². The fourth-order valence-corrected chi connectivity index (χ4v) is 3.04. The number of hydrogen-bond donors (Lipinski definition) is 1. The highest BCUT2D eigenvalue weighted by Crippen LogP contribution is 2.30. The third-order valence-corrected chi connectivity index (χ3v) is 4.53. The summed E-state index contributed by atoms with van der Waals surface area (Å²) in [6.45, 7) is 0. The van der Waals surface area contributed by atoms with Crippen molar-refractivity contribution in [3.8, 4) is 17.0 Å². The molecule has 0 saturated carbocycles. The summed E-state index contributed by atoms with van der Waals surface area (Å²) in [5, 5.41) is 3.56. The summed E-state index contributed by atoms with van der Waals surface area (Å²) in [5.41, 5.74) is 3.08. The zero-order chi connectivity index (χ0) is 19.5. The minimum atomic E-state index is -0.144. The van der Waals surface area contributed by atoms with Crippen LogP contribution in [0.4, 0.5) is 5.69 Å². The number of aromatic nitrogens is 3. The molecule has 140 valence electrons. The summed E-state index contributed by atoms with van der Waals surface area (Å²) in [6, 6.07) is 14.6. The van der Waals surface area contributed by atoms with E-state index in [1.54, 1.807) is 25.4 Å². The molecule has 4 rings (SSSR count). The molecule has 0 aliphatic heterocycles. The van der Waals surface area contributed by atoms with Gasteiger partial charge in [0.25, 0.3) is 0 Å². The lowest BCUT2D eigenvalue weighted by Gasteiger charge is -2.11. The Bertz CT molecular complexity index is 1110. The number of carbonyl (C=O) groups excluding carboxylic acids is 1. The van der Waals surface area contributed by atoms with E-state index in [2.05, 4.69) is 15.3 Å². The molecule has 0 aliphatic rings. The Morgan fingerprint density at radius 3 is 2.79 bits per heavy atom. The number of anilines is 1. The Labute approximate surface area is 166 Å². The van der Waals surface area contributed by atoms with Crippen molar-refractivity contribution in [2.75, 3.05) is 12.4 Å². The van der Waals surface area contributed by atoms with E-state index in [-0.39, 0.29) is 12.3 Å². The van der Waals surface area contributed by atoms with E-state index in [0.717, 1.165) is 16.8 Å². The molecule has 0 atom stereocenters. The molecule has 0 radical (unpaired) electrons. The van der Waals surface area contributed by atoms with E-state index < -0.39 is 0 Å². The number of nitrogens with zero attached hydrogens (tertiary/aromatic N) is 3. The van der Waals surface area contributed by atoms with Gasteiger partial charge in [0.05, 0.1) is 24.9 Å². The van der Waals surface area contributed by atoms with Crippen LogP contribution in [0.5, 0.6) is 5.75 Å². The summed E-state index contributed by atoms with van der Waals surface area (Å²) >= 11 is 5.89. The topological polar surface area (TPSA) is 68.5 Å². The molecule has 0 fully saturated rings. The first-order valence-corrected chi connectivity index (χ1v) is 9.02. The van der Waals surface area contributed by atoms with E-state index in [9.17, 15) is 4.79 Å². The van der Waals surface area contributed by atoms with Gasteiger partial charge in [-0.25, -0.2) is 9.97 Å². The molecule has 0 bridgehead atoms. The van der Waals surface area contributed by atoms with Crippen molar-refractivity contribution >= 4 is 29.0 Å². The standard InChI is InChI=1S/C21H17ClN4O2/c1-28-19-8-5-15(18-13-26-10-2-9-23-21(26)25-18)12-17(19)24-20(27)11-14-3-6-16(22)7-4-14/h2-10,12-13H,11H2,1H3,(H,24,27). The van der Waals surface area contributed by atoms with Crippen LogP contribution in [0.25, 0.3) is 17.0 Å². The van der Waals surface area contributed by atoms with E-state index in [1.807, 2.05) is 53.2 Å². The largest absolute Gasteiger partial charge is 0.495 e. The number of benzene rings is 2. The molecule has 7 heteroatoms. The summed E-state index contributed by atoms with van der Waals surface area (Å²) in [7, 11) is 1.57. The summed E-state index contributed by atoms with van der Waals surface area (Å²) in [6.07, 6.45) is 5.71. The van der Waals surface area contributed by atoms with Crippen LogP contribution in [0, 0.1) is 0 Å². The molecule has 0 aliphatic carbocycles. The number of fused-ring (bicyclic) bond motifs is 1. The monoisotopic (exact) mass is 392 g/mol. The fourth-order valence-electron chi connectivity index (χ4n) is 2.92. The van der Waals surface area contributed by atoms with Crippen LogP contribution in [-0.4, -0.2) is 27.4 Å². The molecule has 1 N–H and O–H groups in total. The predicted octanol–water partition coefficient (Wildman–Crippen LogP) is 4.24. The van der Waals surface area contributed by atoms with E-state index in [1.165, 1.54) is 0 Å². The Balaban J connectivity index is 1.59. The minimum Gasteiger partial charge on any atom is -0.495 e. The summed E-state index contributed by atoms with van der Waals surface area (Å²) in [5.74, 6) is 1.05. The maximum atomic E-state index is 12.5. The summed E-state index contributed by atoms with van der Waals surface area (Å²) in [4.78, 5) is 21.2. The van der Waals surface area contributed by atoms with Gasteiger partial charge in [-0.1, -0.05) is 23.7 Å². The van der Waals surface area contributed by atoms with Crippen molar-refractivity contribution in [3.63, 3.8) is 0 Å². The lowest BCUT2D eigenvalue weighted by molar-refractivity contribution is -0.115. The summed E-state index contributed by atoms with van der Waals surface area (Å²) < 4.78 is 7.24. The zero-order valence-corrected chi connectivity index (χ0v) is 15.8. The normalized spacial score (nSPS) is 10.8. The first-order valence-electron chi connectivity index (χ1n) is 8.65. The van der Waals surface area contributed by atoms with Crippen LogP contribution in [0.15, 0.2) is 67.1 Å². The molecule has 2 aromatic heterocycles. The maximum Gasteiger partial charge on any atom is 0.234 e. The van der Waals surface area contributed by atoms with Crippen LogP contribution >= 0.6 is 11.6 Å². The molecular weight excluding hydrogens is 376 g/mol. The Morgan fingerprint density at radius 1 is 1.21 bits per heavy atom. The van der Waals surface area contributed by atoms with Gasteiger partial charge in [0.1, 0.15) is 5.75 Å². The number of methoxy groups -OCH3 is 1. The third-order valence-electron chi connectivity index (χ3n) is 4.28. The van der Waals surface area contributed by atoms with Crippen LogP contribution in [0.1, 0.15) is 5.56 Å². The second-order valence-electron chi connectivity index (χ2n) is 6.22. The van der Waals surface area contributed by atoms with Crippen LogP contribution in [0.2, 0.25) is 5.02 Å². The molecule has 6 nitrogen and oxygen atoms in total. The molecule has 1 amide bonds. The first-order chi connectivity index (χ1) is 13.6. The molecule has 0 spiro atoms. The minimum absolute atomic E-state index is 0.144. The van der Waals surface area contributed by atoms with E-state index >= 15 is 0 Å². The number of rotatable bonds is 5. The van der Waals surface area contributed by atoms with Gasteiger partial charge in [0.2, 0.25) is 11.7 Å². The van der Waals surface area contributed by atoms with Gasteiger partial charge in [-0.3, -0.25) is 9.20 Å². The molecule has 2 aromatic carbocycles. The second kappa shape index (κ2) is 7.70.